The van der Waals surface area contributed by atoms with Crippen LogP contribution < -0.4 is 9.96 Å². The summed E-state index contributed by atoms with van der Waals surface area (Å²) in [6, 6.07) is 27.8. The minimum atomic E-state index is -1.11. The van der Waals surface area contributed by atoms with Crippen molar-refractivity contribution in [2.24, 2.45) is 5.92 Å². The summed E-state index contributed by atoms with van der Waals surface area (Å²) in [6.45, 7) is 0. The predicted molar refractivity (Wildman–Crippen MR) is 130 cm³/mol. The number of carboxylic acids is 1. The third-order valence-electron chi connectivity index (χ3n) is 6.64. The van der Waals surface area contributed by atoms with E-state index in [4.69, 9.17) is 4.84 Å². The fraction of sp³-hybridized carbons (Fsp3) is 0.107. The Bertz CT molecular complexity index is 1480. The maximum atomic E-state index is 13.9. The first-order valence-corrected chi connectivity index (χ1v) is 11.2. The Kier molecular flexibility index (Phi) is 4.86. The van der Waals surface area contributed by atoms with Gasteiger partial charge in [-0.05, 0) is 35.2 Å². The Balaban J connectivity index is 1.50. The standard InChI is InChI=1S/C28H20N2O5/c31-26-23-24(20-14-6-7-15-21(20)28(33)34)30(18-11-2-1-3-12-18)35-25(23)27(32)29(26)22-16-8-10-17-9-4-5-13-19(17)22/h1-16,23-25H,(H,33,34)/t23-,24+,25-/m1/s1. The molecule has 2 amide bonds. The summed E-state index contributed by atoms with van der Waals surface area (Å²) in [5.74, 6) is -2.91. The second-order valence-corrected chi connectivity index (χ2v) is 8.56. The number of amides is 2. The number of carbonyl (C=O) groups is 3. The zero-order valence-corrected chi connectivity index (χ0v) is 18.4. The molecule has 35 heavy (non-hydrogen) atoms. The molecule has 2 aliphatic heterocycles. The summed E-state index contributed by atoms with van der Waals surface area (Å²) in [5, 5.41) is 13.1. The number of hydrogen-bond acceptors (Lipinski definition) is 5. The van der Waals surface area contributed by atoms with Crippen molar-refractivity contribution in [3.05, 3.63) is 108 Å². The van der Waals surface area contributed by atoms with E-state index >= 15 is 0 Å². The highest BCUT2D eigenvalue weighted by Gasteiger charge is 2.60. The number of carbonyl (C=O) groups excluding carboxylic acids is 2. The van der Waals surface area contributed by atoms with E-state index in [0.717, 1.165) is 10.8 Å². The Morgan fingerprint density at radius 2 is 1.46 bits per heavy atom. The summed E-state index contributed by atoms with van der Waals surface area (Å²) in [7, 11) is 0. The Morgan fingerprint density at radius 1 is 0.771 bits per heavy atom. The first kappa shape index (κ1) is 21.1. The van der Waals surface area contributed by atoms with Crippen LogP contribution in [0.25, 0.3) is 10.8 Å². The summed E-state index contributed by atoms with van der Waals surface area (Å²) >= 11 is 0. The molecule has 0 saturated carbocycles. The summed E-state index contributed by atoms with van der Waals surface area (Å²) in [5.41, 5.74) is 1.60. The Labute approximate surface area is 200 Å². The normalized spacial score (nSPS) is 21.5. The topological polar surface area (TPSA) is 87.2 Å². The molecule has 0 bridgehead atoms. The van der Waals surface area contributed by atoms with Crippen molar-refractivity contribution in [2.75, 3.05) is 9.96 Å². The summed E-state index contributed by atoms with van der Waals surface area (Å²) in [4.78, 5) is 47.0. The van der Waals surface area contributed by atoms with Crippen molar-refractivity contribution in [3.8, 4) is 0 Å². The molecule has 7 heteroatoms. The van der Waals surface area contributed by atoms with Crippen LogP contribution in [0.15, 0.2) is 97.1 Å². The average molecular weight is 464 g/mol. The average Bonchev–Trinajstić information content (AvgIpc) is 3.40. The minimum absolute atomic E-state index is 0.0616. The van der Waals surface area contributed by atoms with Gasteiger partial charge in [0, 0.05) is 5.39 Å². The van der Waals surface area contributed by atoms with Gasteiger partial charge in [-0.1, -0.05) is 72.8 Å². The number of aromatic carboxylic acids is 1. The van der Waals surface area contributed by atoms with Crippen LogP contribution >= 0.6 is 0 Å². The van der Waals surface area contributed by atoms with Gasteiger partial charge >= 0.3 is 5.97 Å². The van der Waals surface area contributed by atoms with Crippen LogP contribution in [0.4, 0.5) is 11.4 Å². The predicted octanol–water partition coefficient (Wildman–Crippen LogP) is 4.59. The largest absolute Gasteiger partial charge is 0.478 e. The lowest BCUT2D eigenvalue weighted by molar-refractivity contribution is -0.126. The number of para-hydroxylation sites is 1. The smallest absolute Gasteiger partial charge is 0.336 e. The summed E-state index contributed by atoms with van der Waals surface area (Å²) < 4.78 is 0. The second kappa shape index (κ2) is 8.07. The Hall–Kier alpha value is -4.49. The number of carboxylic acid groups (broad SMARTS) is 1. The molecular weight excluding hydrogens is 444 g/mol. The van der Waals surface area contributed by atoms with Gasteiger partial charge in [0.05, 0.1) is 23.0 Å². The molecule has 0 radical (unpaired) electrons. The monoisotopic (exact) mass is 464 g/mol. The SMILES string of the molecule is O=C(O)c1ccccc1[C@H]1[C@H]2C(=O)N(c3cccc4ccccc34)C(=O)[C@@H]2ON1c1ccccc1. The Morgan fingerprint density at radius 3 is 2.26 bits per heavy atom. The van der Waals surface area contributed by atoms with Gasteiger partial charge in [0.15, 0.2) is 6.10 Å². The number of hydrogen-bond donors (Lipinski definition) is 1. The summed E-state index contributed by atoms with van der Waals surface area (Å²) in [6.07, 6.45) is -1.08. The van der Waals surface area contributed by atoms with E-state index < -0.39 is 35.8 Å². The first-order chi connectivity index (χ1) is 17.1. The molecule has 1 N–H and O–H groups in total. The molecular formula is C28H20N2O5. The van der Waals surface area contributed by atoms with E-state index in [9.17, 15) is 19.5 Å². The van der Waals surface area contributed by atoms with Crippen LogP contribution in [-0.4, -0.2) is 29.0 Å². The molecule has 0 unspecified atom stereocenters. The highest BCUT2D eigenvalue weighted by atomic mass is 16.7. The van der Waals surface area contributed by atoms with E-state index in [1.165, 1.54) is 16.0 Å². The lowest BCUT2D eigenvalue weighted by atomic mass is 9.88. The number of rotatable bonds is 4. The number of benzene rings is 4. The molecule has 7 nitrogen and oxygen atoms in total. The van der Waals surface area contributed by atoms with E-state index in [1.54, 1.807) is 42.5 Å². The maximum Gasteiger partial charge on any atom is 0.336 e. The quantitative estimate of drug-likeness (QED) is 0.445. The fourth-order valence-electron chi connectivity index (χ4n) is 5.12. The van der Waals surface area contributed by atoms with Crippen molar-refractivity contribution >= 4 is 39.9 Å². The molecule has 6 rings (SSSR count). The van der Waals surface area contributed by atoms with E-state index in [-0.39, 0.29) is 5.56 Å². The molecule has 172 valence electrons. The number of hydroxylamine groups is 1. The van der Waals surface area contributed by atoms with Crippen LogP contribution in [-0.2, 0) is 14.4 Å². The number of imide groups is 1. The lowest BCUT2D eigenvalue weighted by Gasteiger charge is -2.29. The molecule has 4 aromatic rings. The minimum Gasteiger partial charge on any atom is -0.478 e. The van der Waals surface area contributed by atoms with Crippen molar-refractivity contribution in [2.45, 2.75) is 12.1 Å². The van der Waals surface area contributed by atoms with Gasteiger partial charge in [0.1, 0.15) is 5.92 Å². The molecule has 2 heterocycles. The number of anilines is 2. The van der Waals surface area contributed by atoms with Crippen LogP contribution in [0, 0.1) is 5.92 Å². The van der Waals surface area contributed by atoms with Crippen molar-refractivity contribution in [1.29, 1.82) is 0 Å². The zero-order chi connectivity index (χ0) is 24.1. The van der Waals surface area contributed by atoms with Crippen molar-refractivity contribution in [1.82, 2.24) is 0 Å². The molecule has 0 aromatic heterocycles. The molecule has 3 atom stereocenters. The van der Waals surface area contributed by atoms with Crippen molar-refractivity contribution in [3.63, 3.8) is 0 Å². The van der Waals surface area contributed by atoms with Crippen LogP contribution in [0.2, 0.25) is 0 Å². The van der Waals surface area contributed by atoms with Gasteiger partial charge in [-0.3, -0.25) is 14.4 Å². The van der Waals surface area contributed by atoms with Gasteiger partial charge in [0.2, 0.25) is 5.91 Å². The molecule has 0 spiro atoms. The fourth-order valence-corrected chi connectivity index (χ4v) is 5.12. The van der Waals surface area contributed by atoms with Crippen molar-refractivity contribution < 1.29 is 24.3 Å². The number of fused-ring (bicyclic) bond motifs is 2. The molecule has 0 aliphatic carbocycles. The van der Waals surface area contributed by atoms with E-state index in [0.29, 0.717) is 16.9 Å². The van der Waals surface area contributed by atoms with Gasteiger partial charge in [-0.15, -0.1) is 0 Å². The van der Waals surface area contributed by atoms with Crippen LogP contribution in [0.3, 0.4) is 0 Å². The highest BCUT2D eigenvalue weighted by molar-refractivity contribution is 6.26. The second-order valence-electron chi connectivity index (χ2n) is 8.56. The molecule has 4 aromatic carbocycles. The van der Waals surface area contributed by atoms with Crippen LogP contribution in [0.5, 0.6) is 0 Å². The van der Waals surface area contributed by atoms with Gasteiger partial charge < -0.3 is 5.11 Å². The van der Waals surface area contributed by atoms with Crippen LogP contribution in [0.1, 0.15) is 22.0 Å². The first-order valence-electron chi connectivity index (χ1n) is 11.2. The molecule has 2 saturated heterocycles. The number of nitrogens with zero attached hydrogens (tertiary/aromatic N) is 2. The van der Waals surface area contributed by atoms with E-state index in [2.05, 4.69) is 0 Å². The molecule has 2 aliphatic rings. The third kappa shape index (κ3) is 3.20. The maximum absolute atomic E-state index is 13.9. The van der Waals surface area contributed by atoms with Gasteiger partial charge in [-0.25, -0.2) is 14.8 Å². The van der Waals surface area contributed by atoms with Gasteiger partial charge in [0.25, 0.3) is 5.91 Å². The molecule has 2 fully saturated rings. The zero-order valence-electron chi connectivity index (χ0n) is 18.4. The van der Waals surface area contributed by atoms with Gasteiger partial charge in [-0.2, -0.15) is 0 Å². The third-order valence-corrected chi connectivity index (χ3v) is 6.64. The van der Waals surface area contributed by atoms with E-state index in [1.807, 2.05) is 48.5 Å². The lowest BCUT2D eigenvalue weighted by Crippen LogP contribution is -2.37. The highest BCUT2D eigenvalue weighted by Crippen LogP contribution is 2.48.